The zero-order valence-corrected chi connectivity index (χ0v) is 12.5. The van der Waals surface area contributed by atoms with Crippen LogP contribution < -0.4 is 9.47 Å². The van der Waals surface area contributed by atoms with Gasteiger partial charge in [0.05, 0.1) is 37.8 Å². The minimum Gasteiger partial charge on any atom is -0.493 e. The highest BCUT2D eigenvalue weighted by Gasteiger charge is 2.14. The summed E-state index contributed by atoms with van der Waals surface area (Å²) in [6.45, 7) is 0. The number of hydrogen-bond acceptors (Lipinski definition) is 4. The lowest BCUT2D eigenvalue weighted by Crippen LogP contribution is -2.02. The molecular weight excluding hydrogens is 276 g/mol. The van der Waals surface area contributed by atoms with Crippen molar-refractivity contribution in [2.45, 2.75) is 12.3 Å². The van der Waals surface area contributed by atoms with Gasteiger partial charge in [-0.2, -0.15) is 10.5 Å². The Morgan fingerprint density at radius 3 is 2.41 bits per heavy atom. The quantitative estimate of drug-likeness (QED) is 0.846. The standard InChI is InChI=1S/C18H16N2O2/c1-21-17-7-6-13(10-18(17)22-2)8-16(12-20)15-5-3-4-14(9-15)11-19/h3-7,9-10,16H,8H2,1-2H3. The molecule has 0 aliphatic carbocycles. The second-order valence-electron chi connectivity index (χ2n) is 4.81. The molecular formula is C18H16N2O2. The van der Waals surface area contributed by atoms with Gasteiger partial charge in [-0.25, -0.2) is 0 Å². The Kier molecular flexibility index (Phi) is 5.01. The van der Waals surface area contributed by atoms with Crippen molar-refractivity contribution in [1.29, 1.82) is 10.5 Å². The highest BCUT2D eigenvalue weighted by atomic mass is 16.5. The lowest BCUT2D eigenvalue weighted by Gasteiger charge is -2.13. The summed E-state index contributed by atoms with van der Waals surface area (Å²) >= 11 is 0. The van der Waals surface area contributed by atoms with Crippen LogP contribution in [0.2, 0.25) is 0 Å². The molecule has 0 saturated heterocycles. The van der Waals surface area contributed by atoms with Crippen LogP contribution >= 0.6 is 0 Å². The summed E-state index contributed by atoms with van der Waals surface area (Å²) in [5.41, 5.74) is 2.38. The Balaban J connectivity index is 2.27. The molecule has 0 amide bonds. The van der Waals surface area contributed by atoms with Gasteiger partial charge in [-0.1, -0.05) is 18.2 Å². The number of nitrogens with zero attached hydrogens (tertiary/aromatic N) is 2. The lowest BCUT2D eigenvalue weighted by atomic mass is 9.92. The molecule has 0 aromatic heterocycles. The van der Waals surface area contributed by atoms with Crippen LogP contribution in [-0.2, 0) is 6.42 Å². The van der Waals surface area contributed by atoms with E-state index in [2.05, 4.69) is 12.1 Å². The molecule has 22 heavy (non-hydrogen) atoms. The van der Waals surface area contributed by atoms with Gasteiger partial charge in [0.25, 0.3) is 0 Å². The smallest absolute Gasteiger partial charge is 0.160 e. The molecule has 0 fully saturated rings. The molecule has 0 aliphatic heterocycles. The summed E-state index contributed by atoms with van der Waals surface area (Å²) in [5.74, 6) is 0.986. The van der Waals surface area contributed by atoms with Crippen LogP contribution in [0.15, 0.2) is 42.5 Å². The molecule has 2 aromatic rings. The predicted octanol–water partition coefficient (Wildman–Crippen LogP) is 3.43. The van der Waals surface area contributed by atoms with Gasteiger partial charge in [-0.05, 0) is 41.8 Å². The van der Waals surface area contributed by atoms with Crippen LogP contribution in [0.4, 0.5) is 0 Å². The molecule has 0 heterocycles. The minimum absolute atomic E-state index is 0.314. The van der Waals surface area contributed by atoms with Gasteiger partial charge >= 0.3 is 0 Å². The van der Waals surface area contributed by atoms with Crippen molar-refractivity contribution in [3.05, 3.63) is 59.2 Å². The van der Waals surface area contributed by atoms with Gasteiger partial charge in [0.1, 0.15) is 0 Å². The van der Waals surface area contributed by atoms with Crippen molar-refractivity contribution in [3.8, 4) is 23.6 Å². The third-order valence-electron chi connectivity index (χ3n) is 3.46. The SMILES string of the molecule is COc1ccc(CC(C#N)c2cccc(C#N)c2)cc1OC. The van der Waals surface area contributed by atoms with E-state index in [0.29, 0.717) is 23.5 Å². The second kappa shape index (κ2) is 7.15. The first-order valence-electron chi connectivity index (χ1n) is 6.82. The van der Waals surface area contributed by atoms with Crippen LogP contribution in [0.5, 0.6) is 11.5 Å². The van der Waals surface area contributed by atoms with E-state index in [1.807, 2.05) is 24.3 Å². The number of rotatable bonds is 5. The summed E-state index contributed by atoms with van der Waals surface area (Å²) in [4.78, 5) is 0. The Bertz CT molecular complexity index is 741. The lowest BCUT2D eigenvalue weighted by molar-refractivity contribution is 0.354. The fourth-order valence-electron chi connectivity index (χ4n) is 2.31. The molecule has 4 nitrogen and oxygen atoms in total. The molecule has 4 heteroatoms. The van der Waals surface area contributed by atoms with Crippen molar-refractivity contribution >= 4 is 0 Å². The average Bonchev–Trinajstić information content (AvgIpc) is 2.59. The maximum Gasteiger partial charge on any atom is 0.160 e. The van der Waals surface area contributed by atoms with E-state index in [4.69, 9.17) is 14.7 Å². The van der Waals surface area contributed by atoms with Gasteiger partial charge in [0.15, 0.2) is 11.5 Å². The number of benzene rings is 2. The molecule has 0 aliphatic rings. The summed E-state index contributed by atoms with van der Waals surface area (Å²) in [7, 11) is 3.17. The Morgan fingerprint density at radius 1 is 1.00 bits per heavy atom. The Hall–Kier alpha value is -2.98. The Labute approximate surface area is 130 Å². The number of methoxy groups -OCH3 is 2. The second-order valence-corrected chi connectivity index (χ2v) is 4.81. The molecule has 0 saturated carbocycles. The van der Waals surface area contributed by atoms with Crippen molar-refractivity contribution in [2.24, 2.45) is 0 Å². The zero-order chi connectivity index (χ0) is 15.9. The van der Waals surface area contributed by atoms with Crippen LogP contribution in [0, 0.1) is 22.7 Å². The van der Waals surface area contributed by atoms with Crippen molar-refractivity contribution < 1.29 is 9.47 Å². The van der Waals surface area contributed by atoms with E-state index >= 15 is 0 Å². The van der Waals surface area contributed by atoms with E-state index in [9.17, 15) is 5.26 Å². The van der Waals surface area contributed by atoms with Gasteiger partial charge in [0.2, 0.25) is 0 Å². The molecule has 0 N–H and O–H groups in total. The molecule has 110 valence electrons. The highest BCUT2D eigenvalue weighted by molar-refractivity contribution is 5.44. The normalized spacial score (nSPS) is 11.1. The van der Waals surface area contributed by atoms with E-state index in [1.54, 1.807) is 32.4 Å². The fraction of sp³-hybridized carbons (Fsp3) is 0.222. The van der Waals surface area contributed by atoms with Crippen molar-refractivity contribution in [3.63, 3.8) is 0 Å². The van der Waals surface area contributed by atoms with E-state index < -0.39 is 0 Å². The van der Waals surface area contributed by atoms with Crippen LogP contribution in [-0.4, -0.2) is 14.2 Å². The van der Waals surface area contributed by atoms with E-state index in [1.165, 1.54) is 0 Å². The fourth-order valence-corrected chi connectivity index (χ4v) is 2.31. The highest BCUT2D eigenvalue weighted by Crippen LogP contribution is 2.30. The van der Waals surface area contributed by atoms with Crippen LogP contribution in [0.3, 0.4) is 0 Å². The zero-order valence-electron chi connectivity index (χ0n) is 12.5. The summed E-state index contributed by atoms with van der Waals surface area (Å²) < 4.78 is 10.5. The number of ether oxygens (including phenoxy) is 2. The molecule has 0 bridgehead atoms. The van der Waals surface area contributed by atoms with Gasteiger partial charge in [-0.3, -0.25) is 0 Å². The van der Waals surface area contributed by atoms with Gasteiger partial charge in [0, 0.05) is 0 Å². The predicted molar refractivity (Wildman–Crippen MR) is 82.8 cm³/mol. The number of nitriles is 2. The summed E-state index contributed by atoms with van der Waals surface area (Å²) in [6.07, 6.45) is 0.547. The third-order valence-corrected chi connectivity index (χ3v) is 3.46. The first-order valence-corrected chi connectivity index (χ1v) is 6.82. The molecule has 1 unspecified atom stereocenters. The third kappa shape index (κ3) is 3.37. The number of hydrogen-bond donors (Lipinski definition) is 0. The summed E-state index contributed by atoms with van der Waals surface area (Å²) in [5, 5.41) is 18.4. The first-order chi connectivity index (χ1) is 10.7. The molecule has 1 atom stereocenters. The average molecular weight is 292 g/mol. The molecule has 2 aromatic carbocycles. The van der Waals surface area contributed by atoms with Crippen molar-refractivity contribution in [2.75, 3.05) is 14.2 Å². The maximum atomic E-state index is 9.44. The first kappa shape index (κ1) is 15.4. The largest absolute Gasteiger partial charge is 0.493 e. The topological polar surface area (TPSA) is 66.0 Å². The van der Waals surface area contributed by atoms with E-state index in [0.717, 1.165) is 11.1 Å². The van der Waals surface area contributed by atoms with Crippen molar-refractivity contribution in [1.82, 2.24) is 0 Å². The monoisotopic (exact) mass is 292 g/mol. The minimum atomic E-state index is -0.314. The molecule has 0 radical (unpaired) electrons. The molecule has 2 rings (SSSR count). The Morgan fingerprint density at radius 2 is 1.77 bits per heavy atom. The van der Waals surface area contributed by atoms with Gasteiger partial charge < -0.3 is 9.47 Å². The maximum absolute atomic E-state index is 9.44. The molecule has 0 spiro atoms. The van der Waals surface area contributed by atoms with Crippen LogP contribution in [0.25, 0.3) is 0 Å². The van der Waals surface area contributed by atoms with E-state index in [-0.39, 0.29) is 5.92 Å². The van der Waals surface area contributed by atoms with Crippen LogP contribution in [0.1, 0.15) is 22.6 Å². The van der Waals surface area contributed by atoms with Gasteiger partial charge in [-0.15, -0.1) is 0 Å². The summed E-state index contributed by atoms with van der Waals surface area (Å²) in [6, 6.07) is 17.2.